The van der Waals surface area contributed by atoms with Gasteiger partial charge in [0.1, 0.15) is 5.76 Å². The summed E-state index contributed by atoms with van der Waals surface area (Å²) in [5.74, 6) is 0.627. The zero-order valence-corrected chi connectivity index (χ0v) is 10.4. The van der Waals surface area contributed by atoms with E-state index in [2.05, 4.69) is 6.07 Å². The van der Waals surface area contributed by atoms with Crippen LogP contribution in [0.4, 0.5) is 5.69 Å². The monoisotopic (exact) mass is 256 g/mol. The minimum absolute atomic E-state index is 0.0434. The van der Waals surface area contributed by atoms with Crippen molar-refractivity contribution in [2.45, 2.75) is 18.8 Å². The molecule has 0 fully saturated rings. The van der Waals surface area contributed by atoms with Crippen LogP contribution < -0.4 is 0 Å². The molecule has 0 spiro atoms. The number of nitro groups is 1. The minimum Gasteiger partial charge on any atom is -0.469 e. The summed E-state index contributed by atoms with van der Waals surface area (Å²) in [6.07, 6.45) is 1.81. The van der Waals surface area contributed by atoms with Crippen molar-refractivity contribution in [3.8, 4) is 6.07 Å². The number of nitriles is 1. The normalized spacial score (nSPS) is 13.5. The minimum atomic E-state index is -0.998. The fourth-order valence-electron chi connectivity index (χ4n) is 2.06. The quantitative estimate of drug-likeness (QED) is 0.621. The lowest BCUT2D eigenvalue weighted by Gasteiger charge is -2.20. The topological polar surface area (TPSA) is 80.1 Å². The second-order valence-electron chi connectivity index (χ2n) is 4.47. The summed E-state index contributed by atoms with van der Waals surface area (Å²) >= 11 is 0. The standard InChI is InChI=1S/C14H12N2O3/c1-14(10-15,9-11-5-4-8-19-11)12-6-2-3-7-13(12)16(17)18/h2-8H,9H2,1H3. The molecule has 0 saturated heterocycles. The van der Waals surface area contributed by atoms with Crippen LogP contribution in [0.1, 0.15) is 18.2 Å². The number of rotatable bonds is 4. The van der Waals surface area contributed by atoms with Gasteiger partial charge in [-0.3, -0.25) is 10.1 Å². The van der Waals surface area contributed by atoms with Gasteiger partial charge in [0.15, 0.2) is 0 Å². The van der Waals surface area contributed by atoms with E-state index in [9.17, 15) is 15.4 Å². The number of hydrogen-bond acceptors (Lipinski definition) is 4. The van der Waals surface area contributed by atoms with Gasteiger partial charge < -0.3 is 4.42 Å². The van der Waals surface area contributed by atoms with Crippen LogP contribution in [0.25, 0.3) is 0 Å². The van der Waals surface area contributed by atoms with E-state index in [1.54, 1.807) is 37.3 Å². The third kappa shape index (κ3) is 2.47. The maximum Gasteiger partial charge on any atom is 0.274 e. The number of hydrogen-bond donors (Lipinski definition) is 0. The first-order valence-corrected chi connectivity index (χ1v) is 5.74. The molecule has 96 valence electrons. The van der Waals surface area contributed by atoms with Crippen molar-refractivity contribution in [3.05, 3.63) is 64.1 Å². The Hall–Kier alpha value is -2.61. The van der Waals surface area contributed by atoms with Gasteiger partial charge in [-0.1, -0.05) is 18.2 Å². The first kappa shape index (κ1) is 12.8. The van der Waals surface area contributed by atoms with Crippen LogP contribution in [0.15, 0.2) is 47.1 Å². The first-order valence-electron chi connectivity index (χ1n) is 5.74. The van der Waals surface area contributed by atoms with Crippen LogP contribution in [-0.2, 0) is 11.8 Å². The van der Waals surface area contributed by atoms with Gasteiger partial charge in [0.25, 0.3) is 5.69 Å². The van der Waals surface area contributed by atoms with Gasteiger partial charge in [0.05, 0.1) is 28.2 Å². The van der Waals surface area contributed by atoms with Gasteiger partial charge >= 0.3 is 0 Å². The Morgan fingerprint density at radius 1 is 1.37 bits per heavy atom. The molecule has 5 heteroatoms. The Balaban J connectivity index is 2.47. The molecule has 1 aromatic heterocycles. The van der Waals surface area contributed by atoms with Gasteiger partial charge in [-0.05, 0) is 19.1 Å². The second-order valence-corrected chi connectivity index (χ2v) is 4.47. The molecule has 19 heavy (non-hydrogen) atoms. The van der Waals surface area contributed by atoms with Crippen molar-refractivity contribution in [1.82, 2.24) is 0 Å². The predicted octanol–water partition coefficient (Wildman–Crippen LogP) is 3.21. The van der Waals surface area contributed by atoms with Gasteiger partial charge in [-0.2, -0.15) is 5.26 Å². The predicted molar refractivity (Wildman–Crippen MR) is 68.5 cm³/mol. The Bertz CT molecular complexity index is 628. The Kier molecular flexibility index (Phi) is 3.34. The molecule has 0 aliphatic rings. The van der Waals surface area contributed by atoms with Crippen LogP contribution in [0.3, 0.4) is 0 Å². The highest BCUT2D eigenvalue weighted by atomic mass is 16.6. The van der Waals surface area contributed by atoms with E-state index >= 15 is 0 Å². The summed E-state index contributed by atoms with van der Waals surface area (Å²) in [6.45, 7) is 1.68. The summed E-state index contributed by atoms with van der Waals surface area (Å²) in [5, 5.41) is 20.5. The molecule has 0 aliphatic carbocycles. The molecule has 0 N–H and O–H groups in total. The molecule has 2 aromatic rings. The molecule has 0 amide bonds. The summed E-state index contributed by atoms with van der Waals surface area (Å²) in [7, 11) is 0. The lowest BCUT2D eigenvalue weighted by molar-refractivity contribution is -0.385. The average Bonchev–Trinajstić information content (AvgIpc) is 2.91. The van der Waals surface area contributed by atoms with Crippen molar-refractivity contribution < 1.29 is 9.34 Å². The largest absolute Gasteiger partial charge is 0.469 e. The molecule has 0 saturated carbocycles. The molecule has 5 nitrogen and oxygen atoms in total. The number of furan rings is 1. The fraction of sp³-hybridized carbons (Fsp3) is 0.214. The lowest BCUT2D eigenvalue weighted by Crippen LogP contribution is -2.23. The molecular formula is C14H12N2O3. The van der Waals surface area contributed by atoms with Crippen LogP contribution in [0, 0.1) is 21.4 Å². The van der Waals surface area contributed by atoms with E-state index < -0.39 is 10.3 Å². The van der Waals surface area contributed by atoms with Gasteiger partial charge in [-0.15, -0.1) is 0 Å². The average molecular weight is 256 g/mol. The molecular weight excluding hydrogens is 244 g/mol. The molecule has 0 bridgehead atoms. The SMILES string of the molecule is CC(C#N)(Cc1ccco1)c1ccccc1[N+](=O)[O-]. The maximum atomic E-state index is 11.1. The summed E-state index contributed by atoms with van der Waals surface area (Å²) in [4.78, 5) is 10.6. The number of nitro benzene ring substituents is 1. The third-order valence-corrected chi connectivity index (χ3v) is 3.05. The van der Waals surface area contributed by atoms with Crippen molar-refractivity contribution in [2.24, 2.45) is 0 Å². The highest BCUT2D eigenvalue weighted by Crippen LogP contribution is 2.34. The third-order valence-electron chi connectivity index (χ3n) is 3.05. The molecule has 1 unspecified atom stereocenters. The molecule has 1 heterocycles. The van der Waals surface area contributed by atoms with E-state index in [4.69, 9.17) is 4.42 Å². The van der Waals surface area contributed by atoms with Crippen molar-refractivity contribution in [2.75, 3.05) is 0 Å². The smallest absolute Gasteiger partial charge is 0.274 e. The van der Waals surface area contributed by atoms with Crippen molar-refractivity contribution >= 4 is 5.69 Å². The zero-order chi connectivity index (χ0) is 13.9. The van der Waals surface area contributed by atoms with E-state index in [1.165, 1.54) is 12.3 Å². The van der Waals surface area contributed by atoms with Crippen LogP contribution in [-0.4, -0.2) is 4.92 Å². The molecule has 1 atom stereocenters. The molecule has 1 aromatic carbocycles. The molecule has 2 rings (SSSR count). The van der Waals surface area contributed by atoms with E-state index in [1.807, 2.05) is 0 Å². The van der Waals surface area contributed by atoms with Gasteiger partial charge in [0, 0.05) is 12.5 Å². The molecule has 0 aliphatic heterocycles. The highest BCUT2D eigenvalue weighted by Gasteiger charge is 2.34. The highest BCUT2D eigenvalue weighted by molar-refractivity contribution is 5.48. The van der Waals surface area contributed by atoms with E-state index in [0.717, 1.165) is 0 Å². The maximum absolute atomic E-state index is 11.1. The lowest BCUT2D eigenvalue weighted by atomic mass is 9.79. The first-order chi connectivity index (χ1) is 9.07. The van der Waals surface area contributed by atoms with Crippen LogP contribution in [0.2, 0.25) is 0 Å². The fourth-order valence-corrected chi connectivity index (χ4v) is 2.06. The summed E-state index contributed by atoms with van der Waals surface area (Å²) < 4.78 is 5.23. The summed E-state index contributed by atoms with van der Waals surface area (Å²) in [5.41, 5.74) is -0.640. The van der Waals surface area contributed by atoms with E-state index in [-0.39, 0.29) is 5.69 Å². The van der Waals surface area contributed by atoms with Gasteiger partial charge in [0.2, 0.25) is 0 Å². The molecule has 0 radical (unpaired) electrons. The summed E-state index contributed by atoms with van der Waals surface area (Å²) in [6, 6.07) is 12.0. The number of nitrogens with zero attached hydrogens (tertiary/aromatic N) is 2. The number of para-hydroxylation sites is 1. The van der Waals surface area contributed by atoms with Crippen LogP contribution in [0.5, 0.6) is 0 Å². The Morgan fingerprint density at radius 3 is 2.68 bits per heavy atom. The van der Waals surface area contributed by atoms with Crippen LogP contribution >= 0.6 is 0 Å². The second kappa shape index (κ2) is 4.94. The van der Waals surface area contributed by atoms with Crippen molar-refractivity contribution in [3.63, 3.8) is 0 Å². The van der Waals surface area contributed by atoms with Gasteiger partial charge in [-0.25, -0.2) is 0 Å². The Labute approximate surface area is 110 Å². The van der Waals surface area contributed by atoms with E-state index in [0.29, 0.717) is 17.7 Å². The van der Waals surface area contributed by atoms with Crippen molar-refractivity contribution in [1.29, 1.82) is 5.26 Å². The number of benzene rings is 1. The Morgan fingerprint density at radius 2 is 2.11 bits per heavy atom. The zero-order valence-electron chi connectivity index (χ0n) is 10.4.